The van der Waals surface area contributed by atoms with Crippen LogP contribution in [0, 0.1) is 5.41 Å². The molecule has 30 heavy (non-hydrogen) atoms. The number of carbonyl (C=O) groups excluding carboxylic acids is 2. The molecule has 1 saturated carbocycles. The first-order chi connectivity index (χ1) is 14.0. The Labute approximate surface area is 176 Å². The SMILES string of the molecule is CC1(O)CCN(C(=O)[C@H](NC(=O)c2c[nH]c3ncc(C4CC4)nc23)C(C)(C)C)CC1. The van der Waals surface area contributed by atoms with Gasteiger partial charge < -0.3 is 20.3 Å². The molecule has 2 amide bonds. The predicted octanol–water partition coefficient (Wildman–Crippen LogP) is 2.35. The number of aliphatic hydroxyl groups is 1. The number of H-pyrrole nitrogens is 1. The lowest BCUT2D eigenvalue weighted by Crippen LogP contribution is -2.57. The second kappa shape index (κ2) is 7.34. The minimum Gasteiger partial charge on any atom is -0.390 e. The Kier molecular flexibility index (Phi) is 5.08. The van der Waals surface area contributed by atoms with E-state index in [1.165, 1.54) is 0 Å². The topological polar surface area (TPSA) is 111 Å². The van der Waals surface area contributed by atoms with Gasteiger partial charge in [-0.05, 0) is 38.0 Å². The molecule has 162 valence electrons. The Balaban J connectivity index is 1.55. The second-order valence-electron chi connectivity index (χ2n) is 10.1. The van der Waals surface area contributed by atoms with Gasteiger partial charge in [-0.2, -0.15) is 0 Å². The van der Waals surface area contributed by atoms with Crippen molar-refractivity contribution in [3.63, 3.8) is 0 Å². The summed E-state index contributed by atoms with van der Waals surface area (Å²) in [5, 5.41) is 13.1. The van der Waals surface area contributed by atoms with E-state index in [1.54, 1.807) is 24.2 Å². The van der Waals surface area contributed by atoms with Crippen molar-refractivity contribution in [2.24, 2.45) is 5.41 Å². The third-order valence-electron chi connectivity index (χ3n) is 6.18. The molecule has 0 unspecified atom stereocenters. The summed E-state index contributed by atoms with van der Waals surface area (Å²) in [5.74, 6) is -0.00959. The molecular weight excluding hydrogens is 382 g/mol. The number of aromatic amines is 1. The lowest BCUT2D eigenvalue weighted by molar-refractivity contribution is -0.139. The summed E-state index contributed by atoms with van der Waals surface area (Å²) in [5.41, 5.74) is 1.24. The van der Waals surface area contributed by atoms with Crippen molar-refractivity contribution < 1.29 is 14.7 Å². The van der Waals surface area contributed by atoms with Crippen molar-refractivity contribution in [3.05, 3.63) is 23.7 Å². The van der Waals surface area contributed by atoms with Crippen LogP contribution in [0.3, 0.4) is 0 Å². The number of likely N-dealkylation sites (tertiary alicyclic amines) is 1. The van der Waals surface area contributed by atoms with Gasteiger partial charge in [-0.3, -0.25) is 9.59 Å². The van der Waals surface area contributed by atoms with E-state index in [4.69, 9.17) is 0 Å². The zero-order valence-electron chi connectivity index (χ0n) is 18.2. The number of aromatic nitrogens is 3. The summed E-state index contributed by atoms with van der Waals surface area (Å²) in [6.07, 6.45) is 6.66. The summed E-state index contributed by atoms with van der Waals surface area (Å²) in [7, 11) is 0. The number of hydrogen-bond acceptors (Lipinski definition) is 5. The second-order valence-corrected chi connectivity index (χ2v) is 10.1. The van der Waals surface area contributed by atoms with Gasteiger partial charge in [0.2, 0.25) is 5.91 Å². The molecule has 8 heteroatoms. The Hall–Kier alpha value is -2.48. The molecule has 1 saturated heterocycles. The Morgan fingerprint density at radius 1 is 1.30 bits per heavy atom. The number of nitrogens with one attached hydrogen (secondary N) is 2. The van der Waals surface area contributed by atoms with Crippen LogP contribution in [-0.2, 0) is 4.79 Å². The van der Waals surface area contributed by atoms with E-state index in [0.29, 0.717) is 48.6 Å². The third kappa shape index (κ3) is 4.19. The van der Waals surface area contributed by atoms with Crippen LogP contribution in [0.15, 0.2) is 12.4 Å². The van der Waals surface area contributed by atoms with Crippen LogP contribution >= 0.6 is 0 Å². The highest BCUT2D eigenvalue weighted by Gasteiger charge is 2.39. The summed E-state index contributed by atoms with van der Waals surface area (Å²) < 4.78 is 0. The highest BCUT2D eigenvalue weighted by molar-refractivity contribution is 6.06. The molecular formula is C22H31N5O3. The molecule has 4 rings (SSSR count). The maximum Gasteiger partial charge on any atom is 0.255 e. The van der Waals surface area contributed by atoms with Gasteiger partial charge in [0.1, 0.15) is 11.6 Å². The molecule has 2 aromatic rings. The van der Waals surface area contributed by atoms with Crippen molar-refractivity contribution in [2.45, 2.75) is 70.9 Å². The fourth-order valence-corrected chi connectivity index (χ4v) is 3.90. The fourth-order valence-electron chi connectivity index (χ4n) is 3.90. The highest BCUT2D eigenvalue weighted by atomic mass is 16.3. The number of amides is 2. The van der Waals surface area contributed by atoms with Gasteiger partial charge >= 0.3 is 0 Å². The van der Waals surface area contributed by atoms with E-state index in [1.807, 2.05) is 20.8 Å². The van der Waals surface area contributed by atoms with Crippen molar-refractivity contribution in [3.8, 4) is 0 Å². The number of carbonyl (C=O) groups is 2. The zero-order chi connectivity index (χ0) is 21.7. The Morgan fingerprint density at radius 3 is 2.57 bits per heavy atom. The van der Waals surface area contributed by atoms with Crippen LogP contribution in [0.4, 0.5) is 0 Å². The van der Waals surface area contributed by atoms with Crippen LogP contribution in [0.25, 0.3) is 11.2 Å². The van der Waals surface area contributed by atoms with Crippen LogP contribution in [-0.4, -0.2) is 61.5 Å². The van der Waals surface area contributed by atoms with Gasteiger partial charge in [0.25, 0.3) is 5.91 Å². The highest BCUT2D eigenvalue weighted by Crippen LogP contribution is 2.39. The molecule has 0 aromatic carbocycles. The Morgan fingerprint density at radius 2 is 1.97 bits per heavy atom. The maximum absolute atomic E-state index is 13.3. The molecule has 8 nitrogen and oxygen atoms in total. The minimum atomic E-state index is -0.737. The summed E-state index contributed by atoms with van der Waals surface area (Å²) in [6.45, 7) is 8.59. The maximum atomic E-state index is 13.3. The molecule has 2 aliphatic rings. The van der Waals surface area contributed by atoms with Crippen molar-refractivity contribution >= 4 is 23.0 Å². The van der Waals surface area contributed by atoms with Crippen molar-refractivity contribution in [1.82, 2.24) is 25.2 Å². The van der Waals surface area contributed by atoms with Crippen molar-refractivity contribution in [2.75, 3.05) is 13.1 Å². The van der Waals surface area contributed by atoms with Gasteiger partial charge in [0.15, 0.2) is 5.65 Å². The number of piperidine rings is 1. The smallest absolute Gasteiger partial charge is 0.255 e. The monoisotopic (exact) mass is 413 g/mol. The normalized spacial score (nSPS) is 20.2. The van der Waals surface area contributed by atoms with Crippen molar-refractivity contribution in [1.29, 1.82) is 0 Å². The van der Waals surface area contributed by atoms with Crippen LogP contribution in [0.5, 0.6) is 0 Å². The van der Waals surface area contributed by atoms with Gasteiger partial charge in [0, 0.05) is 25.2 Å². The van der Waals surface area contributed by atoms with Gasteiger partial charge in [-0.25, -0.2) is 9.97 Å². The molecule has 1 atom stereocenters. The van der Waals surface area contributed by atoms with Crippen LogP contribution in [0.2, 0.25) is 0 Å². The molecule has 3 heterocycles. The standard InChI is InChI=1S/C22H31N5O3/c1-21(2,3)17(20(29)27-9-7-22(4,30)8-10-27)26-19(28)14-11-23-18-16(14)25-15(12-24-18)13-5-6-13/h11-13,17,30H,5-10H2,1-4H3,(H,23,24)(H,26,28)/t17-/m0/s1. The van der Waals surface area contributed by atoms with Crippen LogP contribution in [0.1, 0.15) is 75.3 Å². The van der Waals surface area contributed by atoms with Gasteiger partial charge in [-0.15, -0.1) is 0 Å². The third-order valence-corrected chi connectivity index (χ3v) is 6.18. The molecule has 0 spiro atoms. The summed E-state index contributed by atoms with van der Waals surface area (Å²) >= 11 is 0. The lowest BCUT2D eigenvalue weighted by Gasteiger charge is -2.40. The summed E-state index contributed by atoms with van der Waals surface area (Å²) in [4.78, 5) is 40.2. The van der Waals surface area contributed by atoms with E-state index in [9.17, 15) is 14.7 Å². The van der Waals surface area contributed by atoms with E-state index in [-0.39, 0.29) is 11.8 Å². The van der Waals surface area contributed by atoms with Gasteiger partial charge in [-0.1, -0.05) is 20.8 Å². The first-order valence-electron chi connectivity index (χ1n) is 10.7. The molecule has 2 fully saturated rings. The number of nitrogens with zero attached hydrogens (tertiary/aromatic N) is 3. The minimum absolute atomic E-state index is 0.115. The predicted molar refractivity (Wildman–Crippen MR) is 113 cm³/mol. The first kappa shape index (κ1) is 20.8. The molecule has 3 N–H and O–H groups in total. The molecule has 0 radical (unpaired) electrons. The largest absolute Gasteiger partial charge is 0.390 e. The quantitative estimate of drug-likeness (QED) is 0.712. The van der Waals surface area contributed by atoms with E-state index >= 15 is 0 Å². The lowest BCUT2D eigenvalue weighted by atomic mass is 9.84. The van der Waals surface area contributed by atoms with E-state index < -0.39 is 17.1 Å². The summed E-state index contributed by atoms with van der Waals surface area (Å²) in [6, 6.07) is -0.683. The van der Waals surface area contributed by atoms with Gasteiger partial charge in [0.05, 0.1) is 23.1 Å². The average Bonchev–Trinajstić information content (AvgIpc) is 3.43. The van der Waals surface area contributed by atoms with Crippen LogP contribution < -0.4 is 5.32 Å². The first-order valence-corrected chi connectivity index (χ1v) is 10.7. The molecule has 0 bridgehead atoms. The zero-order valence-corrected chi connectivity index (χ0v) is 18.2. The molecule has 1 aliphatic heterocycles. The number of fused-ring (bicyclic) bond motifs is 1. The fraction of sp³-hybridized carbons (Fsp3) is 0.636. The number of rotatable bonds is 4. The molecule has 2 aromatic heterocycles. The average molecular weight is 414 g/mol. The van der Waals surface area contributed by atoms with E-state index in [2.05, 4.69) is 20.3 Å². The van der Waals surface area contributed by atoms with E-state index in [0.717, 1.165) is 18.5 Å². The molecule has 1 aliphatic carbocycles. The Bertz CT molecular complexity index is 961. The number of hydrogen-bond donors (Lipinski definition) is 3.